The highest BCUT2D eigenvalue weighted by atomic mass is 32.1. The quantitative estimate of drug-likeness (QED) is 0.885. The van der Waals surface area contributed by atoms with E-state index < -0.39 is 0 Å². The Bertz CT molecular complexity index is 560. The number of aliphatic hydroxyl groups excluding tert-OH is 1. The predicted molar refractivity (Wildman–Crippen MR) is 85.9 cm³/mol. The van der Waals surface area contributed by atoms with Crippen LogP contribution in [0.5, 0.6) is 0 Å². The fourth-order valence-electron chi connectivity index (χ4n) is 2.34. The van der Waals surface area contributed by atoms with Gasteiger partial charge in [-0.3, -0.25) is 0 Å². The predicted octanol–water partition coefficient (Wildman–Crippen LogP) is 3.64. The molecule has 2 aromatic heterocycles. The number of nitrogens with zero attached hydrogens (tertiary/aromatic N) is 2. The van der Waals surface area contributed by atoms with Crippen molar-refractivity contribution < 1.29 is 5.11 Å². The van der Waals surface area contributed by atoms with Gasteiger partial charge in [-0.1, -0.05) is 17.4 Å². The molecule has 0 bridgehead atoms. The Hall–Kier alpha value is -0.910. The van der Waals surface area contributed by atoms with Gasteiger partial charge in [0.15, 0.2) is 5.13 Å². The van der Waals surface area contributed by atoms with Crippen LogP contribution in [0, 0.1) is 0 Å². The lowest BCUT2D eigenvalue weighted by atomic mass is 10.2. The van der Waals surface area contributed by atoms with Gasteiger partial charge in [0.05, 0.1) is 17.2 Å². The summed E-state index contributed by atoms with van der Waals surface area (Å²) in [5.41, 5.74) is 1.14. The molecule has 2 heterocycles. The zero-order valence-corrected chi connectivity index (χ0v) is 13.5. The van der Waals surface area contributed by atoms with Crippen LogP contribution in [0.15, 0.2) is 17.5 Å². The number of aliphatic hydroxyl groups is 1. The Morgan fingerprint density at radius 3 is 2.90 bits per heavy atom. The van der Waals surface area contributed by atoms with Gasteiger partial charge < -0.3 is 10.0 Å². The molecule has 108 valence electrons. The van der Waals surface area contributed by atoms with Crippen molar-refractivity contribution >= 4 is 27.8 Å². The standard InChI is InChI=1S/C15H20N2OS2/c1-10(8-12-4-3-7-19-12)17(2)15-16-14(11-5-6-11)13(9-18)20-15/h3-4,7,10-11,18H,5-6,8-9H2,1-2H3. The highest BCUT2D eigenvalue weighted by Gasteiger charge is 2.30. The molecule has 0 aromatic carbocycles. The number of thiazole rings is 1. The van der Waals surface area contributed by atoms with E-state index in [1.807, 2.05) is 11.3 Å². The molecule has 5 heteroatoms. The topological polar surface area (TPSA) is 36.4 Å². The van der Waals surface area contributed by atoms with Crippen LogP contribution in [0.3, 0.4) is 0 Å². The maximum absolute atomic E-state index is 9.49. The van der Waals surface area contributed by atoms with Crippen LogP contribution in [0.4, 0.5) is 5.13 Å². The summed E-state index contributed by atoms with van der Waals surface area (Å²) in [6, 6.07) is 4.70. The Kier molecular flexibility index (Phi) is 4.10. The van der Waals surface area contributed by atoms with Gasteiger partial charge >= 0.3 is 0 Å². The molecule has 1 N–H and O–H groups in total. The monoisotopic (exact) mass is 308 g/mol. The van der Waals surface area contributed by atoms with E-state index >= 15 is 0 Å². The molecular formula is C15H20N2OS2. The summed E-state index contributed by atoms with van der Waals surface area (Å²) in [7, 11) is 2.11. The van der Waals surface area contributed by atoms with Crippen LogP contribution >= 0.6 is 22.7 Å². The van der Waals surface area contributed by atoms with Crippen LogP contribution in [-0.4, -0.2) is 23.2 Å². The number of rotatable bonds is 6. The molecule has 0 radical (unpaired) electrons. The average molecular weight is 308 g/mol. The molecule has 0 spiro atoms. The van der Waals surface area contributed by atoms with Crippen molar-refractivity contribution in [3.63, 3.8) is 0 Å². The van der Waals surface area contributed by atoms with E-state index in [2.05, 4.69) is 36.4 Å². The smallest absolute Gasteiger partial charge is 0.185 e. The third-order valence-electron chi connectivity index (χ3n) is 3.86. The number of hydrogen-bond donors (Lipinski definition) is 1. The largest absolute Gasteiger partial charge is 0.391 e. The number of likely N-dealkylation sites (N-methyl/N-ethyl adjacent to an activating group) is 1. The van der Waals surface area contributed by atoms with Crippen LogP contribution in [0.1, 0.15) is 41.1 Å². The van der Waals surface area contributed by atoms with Gasteiger partial charge in [-0.05, 0) is 31.2 Å². The van der Waals surface area contributed by atoms with Crippen molar-refractivity contribution in [2.75, 3.05) is 11.9 Å². The maximum atomic E-state index is 9.49. The molecule has 1 saturated carbocycles. The van der Waals surface area contributed by atoms with Gasteiger partial charge in [-0.25, -0.2) is 4.98 Å². The zero-order valence-electron chi connectivity index (χ0n) is 11.9. The number of anilines is 1. The summed E-state index contributed by atoms with van der Waals surface area (Å²) in [5, 5.41) is 12.7. The SMILES string of the molecule is CC(Cc1cccs1)N(C)c1nc(C2CC2)c(CO)s1. The van der Waals surface area contributed by atoms with Crippen molar-refractivity contribution in [1.29, 1.82) is 0 Å². The third kappa shape index (κ3) is 2.90. The minimum atomic E-state index is 0.122. The summed E-state index contributed by atoms with van der Waals surface area (Å²) < 4.78 is 0. The van der Waals surface area contributed by atoms with Crippen molar-refractivity contribution in [1.82, 2.24) is 4.98 Å². The lowest BCUT2D eigenvalue weighted by molar-refractivity contribution is 0.284. The highest BCUT2D eigenvalue weighted by molar-refractivity contribution is 7.15. The number of hydrogen-bond acceptors (Lipinski definition) is 5. The molecule has 3 rings (SSSR count). The minimum absolute atomic E-state index is 0.122. The van der Waals surface area contributed by atoms with E-state index in [-0.39, 0.29) is 6.61 Å². The summed E-state index contributed by atoms with van der Waals surface area (Å²) in [4.78, 5) is 9.49. The van der Waals surface area contributed by atoms with E-state index in [0.29, 0.717) is 12.0 Å². The van der Waals surface area contributed by atoms with E-state index in [1.54, 1.807) is 11.3 Å². The molecule has 1 fully saturated rings. The Morgan fingerprint density at radius 2 is 2.30 bits per heavy atom. The van der Waals surface area contributed by atoms with Crippen LogP contribution in [0.25, 0.3) is 0 Å². The first kappa shape index (κ1) is 14.0. The lowest BCUT2D eigenvalue weighted by Crippen LogP contribution is -2.30. The molecule has 0 saturated heterocycles. The van der Waals surface area contributed by atoms with Crippen LogP contribution < -0.4 is 4.90 Å². The molecule has 2 aromatic rings. The van der Waals surface area contributed by atoms with E-state index in [0.717, 1.165) is 22.1 Å². The molecular weight excluding hydrogens is 288 g/mol. The first-order chi connectivity index (χ1) is 9.69. The number of aromatic nitrogens is 1. The van der Waals surface area contributed by atoms with Gasteiger partial charge in [-0.2, -0.15) is 0 Å². The normalized spacial score (nSPS) is 16.4. The van der Waals surface area contributed by atoms with E-state index in [4.69, 9.17) is 4.98 Å². The van der Waals surface area contributed by atoms with Crippen LogP contribution in [0.2, 0.25) is 0 Å². The summed E-state index contributed by atoms with van der Waals surface area (Å²) in [5.74, 6) is 0.600. The van der Waals surface area contributed by atoms with Crippen molar-refractivity contribution in [3.8, 4) is 0 Å². The third-order valence-corrected chi connectivity index (χ3v) is 5.91. The molecule has 1 aliphatic rings. The second kappa shape index (κ2) is 5.84. The van der Waals surface area contributed by atoms with Gasteiger partial charge in [0.25, 0.3) is 0 Å². The average Bonchev–Trinajstić information content (AvgIpc) is 3.00. The summed E-state index contributed by atoms with van der Waals surface area (Å²) in [6.07, 6.45) is 3.50. The van der Waals surface area contributed by atoms with Crippen molar-refractivity contribution in [3.05, 3.63) is 33.0 Å². The maximum Gasteiger partial charge on any atom is 0.185 e. The van der Waals surface area contributed by atoms with Crippen molar-refractivity contribution in [2.24, 2.45) is 0 Å². The highest BCUT2D eigenvalue weighted by Crippen LogP contribution is 2.44. The second-order valence-electron chi connectivity index (χ2n) is 5.48. The Labute approximate surface area is 127 Å². The molecule has 0 aliphatic heterocycles. The van der Waals surface area contributed by atoms with Crippen LogP contribution in [-0.2, 0) is 13.0 Å². The van der Waals surface area contributed by atoms with E-state index in [9.17, 15) is 5.11 Å². The van der Waals surface area contributed by atoms with Gasteiger partial charge in [0, 0.05) is 30.3 Å². The molecule has 20 heavy (non-hydrogen) atoms. The number of thiophene rings is 1. The Balaban J connectivity index is 1.74. The molecule has 1 atom stereocenters. The lowest BCUT2D eigenvalue weighted by Gasteiger charge is -2.23. The first-order valence-electron chi connectivity index (χ1n) is 7.04. The molecule has 1 aliphatic carbocycles. The molecule has 3 nitrogen and oxygen atoms in total. The van der Waals surface area contributed by atoms with Crippen molar-refractivity contribution in [2.45, 2.75) is 44.8 Å². The first-order valence-corrected chi connectivity index (χ1v) is 8.74. The van der Waals surface area contributed by atoms with Gasteiger partial charge in [-0.15, -0.1) is 11.3 Å². The fraction of sp³-hybridized carbons (Fsp3) is 0.533. The summed E-state index contributed by atoms with van der Waals surface area (Å²) >= 11 is 3.45. The van der Waals surface area contributed by atoms with E-state index in [1.165, 1.54) is 17.7 Å². The second-order valence-corrected chi connectivity index (χ2v) is 7.57. The fourth-order valence-corrected chi connectivity index (χ4v) is 4.23. The Morgan fingerprint density at radius 1 is 1.50 bits per heavy atom. The zero-order chi connectivity index (χ0) is 14.1. The summed E-state index contributed by atoms with van der Waals surface area (Å²) in [6.45, 7) is 2.35. The minimum Gasteiger partial charge on any atom is -0.391 e. The molecule has 0 amide bonds. The van der Waals surface area contributed by atoms with Gasteiger partial charge in [0.2, 0.25) is 0 Å². The van der Waals surface area contributed by atoms with Gasteiger partial charge in [0.1, 0.15) is 0 Å². The molecule has 1 unspecified atom stereocenters.